The first-order chi connectivity index (χ1) is 11.4. The molecule has 1 amide bonds. The highest BCUT2D eigenvalue weighted by Gasteiger charge is 2.34. The molecule has 2 aromatic rings. The highest BCUT2D eigenvalue weighted by molar-refractivity contribution is 7.91. The van der Waals surface area contributed by atoms with E-state index in [1.165, 1.54) is 16.2 Å². The van der Waals surface area contributed by atoms with Crippen molar-refractivity contribution in [2.45, 2.75) is 25.9 Å². The van der Waals surface area contributed by atoms with Gasteiger partial charge in [0.05, 0.1) is 11.5 Å². The summed E-state index contributed by atoms with van der Waals surface area (Å²) in [6.07, 6.45) is 0.429. The van der Waals surface area contributed by atoms with Crippen LogP contribution in [0.15, 0.2) is 22.3 Å². The maximum absolute atomic E-state index is 12.5. The molecule has 1 aliphatic rings. The Morgan fingerprint density at radius 2 is 2.25 bits per heavy atom. The van der Waals surface area contributed by atoms with Crippen molar-refractivity contribution >= 4 is 27.1 Å². The molecule has 0 aromatic carbocycles. The number of amides is 1. The lowest BCUT2D eigenvalue weighted by atomic mass is 10.2. The third-order valence-electron chi connectivity index (χ3n) is 3.95. The molecule has 2 aromatic heterocycles. The van der Waals surface area contributed by atoms with Crippen LogP contribution in [0.1, 0.15) is 13.3 Å². The molecule has 1 saturated heterocycles. The van der Waals surface area contributed by atoms with Crippen LogP contribution >= 0.6 is 11.3 Å². The van der Waals surface area contributed by atoms with Gasteiger partial charge in [-0.2, -0.15) is 9.36 Å². The molecule has 0 N–H and O–H groups in total. The third kappa shape index (κ3) is 3.26. The lowest BCUT2D eigenvalue weighted by Crippen LogP contribution is -2.44. The molecule has 0 bridgehead atoms. The van der Waals surface area contributed by atoms with Crippen molar-refractivity contribution in [1.29, 1.82) is 0 Å². The van der Waals surface area contributed by atoms with Crippen LogP contribution in [-0.2, 0) is 21.2 Å². The highest BCUT2D eigenvalue weighted by atomic mass is 32.2. The Morgan fingerprint density at radius 1 is 1.46 bits per heavy atom. The van der Waals surface area contributed by atoms with Gasteiger partial charge in [-0.3, -0.25) is 4.79 Å². The summed E-state index contributed by atoms with van der Waals surface area (Å²) in [6.45, 7) is 1.91. The van der Waals surface area contributed by atoms with E-state index >= 15 is 0 Å². The summed E-state index contributed by atoms with van der Waals surface area (Å²) in [5.41, 5.74) is -0.499. The van der Waals surface area contributed by atoms with Crippen LogP contribution in [-0.4, -0.2) is 63.1 Å². The molecule has 1 aliphatic heterocycles. The van der Waals surface area contributed by atoms with Gasteiger partial charge in [0, 0.05) is 12.6 Å². The van der Waals surface area contributed by atoms with E-state index in [1.807, 2.05) is 5.38 Å². The van der Waals surface area contributed by atoms with Crippen LogP contribution in [0.25, 0.3) is 5.00 Å². The summed E-state index contributed by atoms with van der Waals surface area (Å²) in [7, 11) is -3.08. The number of carbonyl (C=O) groups is 1. The van der Waals surface area contributed by atoms with Gasteiger partial charge in [0.25, 0.3) is 0 Å². The predicted octanol–water partition coefficient (Wildman–Crippen LogP) is -0.474. The molecule has 24 heavy (non-hydrogen) atoms. The lowest BCUT2D eigenvalue weighted by Gasteiger charge is -2.26. The van der Waals surface area contributed by atoms with Crippen LogP contribution in [0, 0.1) is 0 Å². The average molecular weight is 371 g/mol. The molecule has 0 spiro atoms. The molecule has 3 heterocycles. The second-order valence-corrected chi connectivity index (χ2v) is 8.67. The van der Waals surface area contributed by atoms with Gasteiger partial charge in [-0.1, -0.05) is 0 Å². The number of likely N-dealkylation sites (N-methyl/N-ethyl adjacent to an activating group) is 1. The molecule has 9 nitrogen and oxygen atoms in total. The summed E-state index contributed by atoms with van der Waals surface area (Å²) in [6, 6.07) is 3.18. The van der Waals surface area contributed by atoms with E-state index in [0.717, 1.165) is 9.36 Å². The number of rotatable bonds is 5. The summed E-state index contributed by atoms with van der Waals surface area (Å²) in [5, 5.41) is 9.95. The van der Waals surface area contributed by atoms with Crippen LogP contribution in [0.2, 0.25) is 0 Å². The largest absolute Gasteiger partial charge is 0.369 e. The molecule has 0 unspecified atom stereocenters. The summed E-state index contributed by atoms with van der Waals surface area (Å²) in [5.74, 6) is -0.265. The number of aromatic nitrogens is 4. The minimum atomic E-state index is -3.08. The number of sulfone groups is 1. The van der Waals surface area contributed by atoms with Crippen LogP contribution in [0.5, 0.6) is 0 Å². The quantitative estimate of drug-likeness (QED) is 0.703. The zero-order valence-electron chi connectivity index (χ0n) is 13.0. The number of thiophene rings is 1. The SMILES string of the molecule is CCN(C(=O)Cn1nnn(-c2cccs2)c1=O)[C@H]1CCS(=O)(=O)C1. The van der Waals surface area contributed by atoms with Gasteiger partial charge in [-0.25, -0.2) is 13.2 Å². The summed E-state index contributed by atoms with van der Waals surface area (Å²) < 4.78 is 25.4. The first-order valence-electron chi connectivity index (χ1n) is 7.48. The van der Waals surface area contributed by atoms with E-state index in [2.05, 4.69) is 10.4 Å². The zero-order chi connectivity index (χ0) is 17.3. The first-order valence-corrected chi connectivity index (χ1v) is 10.2. The van der Waals surface area contributed by atoms with Gasteiger partial charge in [0.2, 0.25) is 5.91 Å². The van der Waals surface area contributed by atoms with Crippen molar-refractivity contribution in [3.63, 3.8) is 0 Å². The van der Waals surface area contributed by atoms with E-state index in [0.29, 0.717) is 18.0 Å². The van der Waals surface area contributed by atoms with E-state index in [4.69, 9.17) is 0 Å². The third-order valence-corrected chi connectivity index (χ3v) is 6.54. The minimum Gasteiger partial charge on any atom is -0.337 e. The minimum absolute atomic E-state index is 0.0244. The topological polar surface area (TPSA) is 107 Å². The summed E-state index contributed by atoms with van der Waals surface area (Å²) >= 11 is 1.34. The van der Waals surface area contributed by atoms with E-state index in [9.17, 15) is 18.0 Å². The number of hydrogen-bond donors (Lipinski definition) is 0. The fourth-order valence-electron chi connectivity index (χ4n) is 2.78. The molecule has 0 saturated carbocycles. The molecular formula is C13H17N5O4S2. The van der Waals surface area contributed by atoms with Crippen molar-refractivity contribution in [1.82, 2.24) is 24.7 Å². The molecule has 11 heteroatoms. The number of tetrazole rings is 1. The van der Waals surface area contributed by atoms with Crippen LogP contribution < -0.4 is 5.69 Å². The van der Waals surface area contributed by atoms with Gasteiger partial charge in [-0.05, 0) is 41.3 Å². The zero-order valence-corrected chi connectivity index (χ0v) is 14.7. The molecule has 1 atom stereocenters. The fraction of sp³-hybridized carbons (Fsp3) is 0.538. The molecular weight excluding hydrogens is 354 g/mol. The predicted molar refractivity (Wildman–Crippen MR) is 87.9 cm³/mol. The number of hydrogen-bond acceptors (Lipinski definition) is 7. The molecule has 0 aliphatic carbocycles. The maximum Gasteiger partial charge on any atom is 0.369 e. The Balaban J connectivity index is 1.76. The van der Waals surface area contributed by atoms with Gasteiger partial charge in [0.1, 0.15) is 11.5 Å². The van der Waals surface area contributed by atoms with Crippen molar-refractivity contribution in [3.05, 3.63) is 28.0 Å². The van der Waals surface area contributed by atoms with Gasteiger partial charge >= 0.3 is 5.69 Å². The van der Waals surface area contributed by atoms with Crippen molar-refractivity contribution in [3.8, 4) is 5.00 Å². The van der Waals surface area contributed by atoms with Crippen molar-refractivity contribution in [2.75, 3.05) is 18.1 Å². The van der Waals surface area contributed by atoms with E-state index in [-0.39, 0.29) is 30.0 Å². The fourth-order valence-corrected chi connectivity index (χ4v) is 5.18. The molecule has 3 rings (SSSR count). The van der Waals surface area contributed by atoms with Crippen molar-refractivity contribution in [2.24, 2.45) is 0 Å². The summed E-state index contributed by atoms with van der Waals surface area (Å²) in [4.78, 5) is 26.3. The Kier molecular flexibility index (Phi) is 4.54. The van der Waals surface area contributed by atoms with Gasteiger partial charge in [0.15, 0.2) is 9.84 Å². The van der Waals surface area contributed by atoms with Crippen LogP contribution in [0.4, 0.5) is 0 Å². The van der Waals surface area contributed by atoms with Crippen molar-refractivity contribution < 1.29 is 13.2 Å². The number of carbonyl (C=O) groups excluding carboxylic acids is 1. The maximum atomic E-state index is 12.5. The highest BCUT2D eigenvalue weighted by Crippen LogP contribution is 2.18. The lowest BCUT2D eigenvalue weighted by molar-refractivity contribution is -0.133. The molecule has 0 radical (unpaired) electrons. The second-order valence-electron chi connectivity index (χ2n) is 5.52. The second kappa shape index (κ2) is 6.48. The Bertz CT molecular complexity index is 884. The van der Waals surface area contributed by atoms with Crippen LogP contribution in [0.3, 0.4) is 0 Å². The normalized spacial score (nSPS) is 19.5. The van der Waals surface area contributed by atoms with E-state index < -0.39 is 15.5 Å². The van der Waals surface area contributed by atoms with Gasteiger partial charge < -0.3 is 4.90 Å². The van der Waals surface area contributed by atoms with E-state index in [1.54, 1.807) is 19.1 Å². The standard InChI is InChI=1S/C13H17N5O4S2/c1-2-16(10-5-7-24(21,22)9-10)11(19)8-17-13(20)18(15-14-17)12-4-3-6-23-12/h3-4,6,10H,2,5,7-9H2,1H3/t10-/m0/s1. The Morgan fingerprint density at radius 3 is 2.83 bits per heavy atom. The monoisotopic (exact) mass is 371 g/mol. The number of nitrogens with zero attached hydrogens (tertiary/aromatic N) is 5. The first kappa shape index (κ1) is 16.8. The molecule has 130 valence electrons. The van der Waals surface area contributed by atoms with Gasteiger partial charge in [-0.15, -0.1) is 11.3 Å². The smallest absolute Gasteiger partial charge is 0.337 e. The molecule has 1 fully saturated rings. The Hall–Kier alpha value is -2.01. The Labute approximate surface area is 142 Å². The average Bonchev–Trinajstić information content (AvgIpc) is 3.23.